The van der Waals surface area contributed by atoms with E-state index < -0.39 is 18.2 Å². The number of aliphatic carboxylic acids is 1. The normalized spacial score (nSPS) is 16.7. The molecule has 214 valence electrons. The number of benzene rings is 2. The van der Waals surface area contributed by atoms with Crippen LogP contribution < -0.4 is 15.0 Å². The smallest absolute Gasteiger partial charge is 0.480 e. The number of hydrogen-bond acceptors (Lipinski definition) is 8. The van der Waals surface area contributed by atoms with E-state index in [0.717, 1.165) is 30.9 Å². The first-order valence-electron chi connectivity index (χ1n) is 12.3. The summed E-state index contributed by atoms with van der Waals surface area (Å²) in [5.41, 5.74) is 2.78. The molecule has 5 rings (SSSR count). The topological polar surface area (TPSA) is 136 Å². The third-order valence-electron chi connectivity index (χ3n) is 6.22. The molecule has 0 bridgehead atoms. The molecule has 1 saturated heterocycles. The van der Waals surface area contributed by atoms with Gasteiger partial charge >= 0.3 is 12.1 Å². The van der Waals surface area contributed by atoms with Crippen molar-refractivity contribution in [2.75, 3.05) is 30.4 Å². The SMILES string of the molecule is CN1CCc2nc(NC(=O)c3cccc(O[C@@H]4CCN(c5ccc(C#N)cc5)C4=O)c3)sc2C1.O=C(O)C(F)(F)F. The second kappa shape index (κ2) is 12.4. The van der Waals surface area contributed by atoms with Crippen LogP contribution in [0.25, 0.3) is 0 Å². The molecule has 3 aromatic rings. The standard InChI is InChI=1S/C25H23N5O3S.C2HF3O2/c1-29-11-9-20-22(15-29)34-25(27-20)28-23(31)17-3-2-4-19(13-17)33-21-10-12-30(24(21)32)18-7-5-16(14-26)6-8-18;3-2(4,5)1(6)7/h2-8,13,21H,9-12,15H2,1H3,(H,27,28,31);(H,6,7)/t21-;/m1./s1. The Kier molecular flexibility index (Phi) is 8.89. The highest BCUT2D eigenvalue weighted by Gasteiger charge is 2.38. The van der Waals surface area contributed by atoms with Crippen LogP contribution in [0.15, 0.2) is 48.5 Å². The van der Waals surface area contributed by atoms with Crippen LogP contribution in [0.2, 0.25) is 0 Å². The van der Waals surface area contributed by atoms with Crippen molar-refractivity contribution in [1.82, 2.24) is 9.88 Å². The lowest BCUT2D eigenvalue weighted by molar-refractivity contribution is -0.192. The Morgan fingerprint density at radius 1 is 1.20 bits per heavy atom. The van der Waals surface area contributed by atoms with Crippen molar-refractivity contribution in [3.05, 3.63) is 70.2 Å². The molecule has 41 heavy (non-hydrogen) atoms. The molecule has 2 aromatic carbocycles. The summed E-state index contributed by atoms with van der Waals surface area (Å²) in [6.45, 7) is 2.34. The van der Waals surface area contributed by atoms with Crippen molar-refractivity contribution in [3.63, 3.8) is 0 Å². The molecule has 1 aromatic heterocycles. The minimum atomic E-state index is -5.08. The van der Waals surface area contributed by atoms with Crippen molar-refractivity contribution < 1.29 is 37.4 Å². The Bertz CT molecular complexity index is 1490. The molecule has 0 unspecified atom stereocenters. The highest BCUT2D eigenvalue weighted by molar-refractivity contribution is 7.15. The molecule has 1 fully saturated rings. The van der Waals surface area contributed by atoms with Crippen LogP contribution in [0.4, 0.5) is 24.0 Å². The van der Waals surface area contributed by atoms with Crippen LogP contribution in [-0.2, 0) is 22.6 Å². The number of carbonyl (C=O) groups is 3. The van der Waals surface area contributed by atoms with E-state index in [-0.39, 0.29) is 11.8 Å². The lowest BCUT2D eigenvalue weighted by Crippen LogP contribution is -2.32. The van der Waals surface area contributed by atoms with Crippen molar-refractivity contribution in [2.45, 2.75) is 31.7 Å². The van der Waals surface area contributed by atoms with Crippen molar-refractivity contribution in [2.24, 2.45) is 0 Å². The van der Waals surface area contributed by atoms with Crippen LogP contribution in [0.1, 0.15) is 32.9 Å². The zero-order chi connectivity index (χ0) is 29.7. The number of nitrogens with one attached hydrogen (secondary N) is 1. The Labute approximate surface area is 236 Å². The average molecular weight is 588 g/mol. The van der Waals surface area contributed by atoms with E-state index in [4.69, 9.17) is 19.9 Å². The van der Waals surface area contributed by atoms with E-state index in [9.17, 15) is 22.8 Å². The summed E-state index contributed by atoms with van der Waals surface area (Å²) in [5, 5.41) is 19.6. The van der Waals surface area contributed by atoms with Gasteiger partial charge in [-0.25, -0.2) is 9.78 Å². The summed E-state index contributed by atoms with van der Waals surface area (Å²) < 4.78 is 37.7. The second-order valence-corrected chi connectivity index (χ2v) is 10.3. The first-order chi connectivity index (χ1) is 19.4. The molecule has 2 N–H and O–H groups in total. The number of rotatable bonds is 5. The molecule has 2 amide bonds. The average Bonchev–Trinajstić information content (AvgIpc) is 3.50. The Morgan fingerprint density at radius 3 is 2.56 bits per heavy atom. The third-order valence-corrected chi connectivity index (χ3v) is 7.22. The number of anilines is 2. The maximum absolute atomic E-state index is 12.9. The summed E-state index contributed by atoms with van der Waals surface area (Å²) in [4.78, 5) is 44.3. The molecule has 14 heteroatoms. The van der Waals surface area contributed by atoms with Crippen molar-refractivity contribution in [3.8, 4) is 11.8 Å². The molecular formula is C27H24F3N5O5S. The van der Waals surface area contributed by atoms with Gasteiger partial charge in [0.1, 0.15) is 5.75 Å². The van der Waals surface area contributed by atoms with Gasteiger partial charge in [0.05, 0.1) is 17.3 Å². The van der Waals surface area contributed by atoms with E-state index in [1.54, 1.807) is 53.4 Å². The molecule has 0 saturated carbocycles. The number of amides is 2. The fraction of sp³-hybridized carbons (Fsp3) is 0.296. The van der Waals surface area contributed by atoms with Crippen LogP contribution in [0, 0.1) is 11.3 Å². The van der Waals surface area contributed by atoms with E-state index in [0.29, 0.717) is 35.0 Å². The van der Waals surface area contributed by atoms with Gasteiger partial charge in [0.15, 0.2) is 11.2 Å². The quantitative estimate of drug-likeness (QED) is 0.456. The number of halogens is 3. The summed E-state index contributed by atoms with van der Waals surface area (Å²) >= 11 is 1.51. The lowest BCUT2D eigenvalue weighted by Gasteiger charge is -2.20. The molecular weight excluding hydrogens is 563 g/mol. The minimum absolute atomic E-state index is 0.141. The number of carboxylic acids is 1. The number of hydrogen-bond donors (Lipinski definition) is 2. The third kappa shape index (κ3) is 7.38. The number of aromatic nitrogens is 1. The number of nitrogens with zero attached hydrogens (tertiary/aromatic N) is 4. The molecule has 2 aliphatic heterocycles. The molecule has 1 atom stereocenters. The van der Waals surface area contributed by atoms with Crippen LogP contribution in [-0.4, -0.2) is 65.2 Å². The van der Waals surface area contributed by atoms with Gasteiger partial charge in [-0.2, -0.15) is 18.4 Å². The zero-order valence-corrected chi connectivity index (χ0v) is 22.5. The van der Waals surface area contributed by atoms with Gasteiger partial charge in [-0.15, -0.1) is 11.3 Å². The van der Waals surface area contributed by atoms with Crippen molar-refractivity contribution in [1.29, 1.82) is 5.26 Å². The van der Waals surface area contributed by atoms with Gasteiger partial charge in [-0.1, -0.05) is 6.07 Å². The molecule has 0 radical (unpaired) electrons. The van der Waals surface area contributed by atoms with Gasteiger partial charge < -0.3 is 19.6 Å². The molecule has 10 nitrogen and oxygen atoms in total. The molecule has 3 heterocycles. The number of carbonyl (C=O) groups excluding carboxylic acids is 2. The number of fused-ring (bicyclic) bond motifs is 1. The second-order valence-electron chi connectivity index (χ2n) is 9.21. The maximum atomic E-state index is 12.9. The molecule has 0 spiro atoms. The predicted molar refractivity (Wildman–Crippen MR) is 143 cm³/mol. The predicted octanol–water partition coefficient (Wildman–Crippen LogP) is 4.07. The molecule has 0 aliphatic carbocycles. The van der Waals surface area contributed by atoms with Gasteiger partial charge in [0.2, 0.25) is 0 Å². The molecule has 2 aliphatic rings. The van der Waals surface area contributed by atoms with Gasteiger partial charge in [0, 0.05) is 48.6 Å². The van der Waals surface area contributed by atoms with E-state index in [2.05, 4.69) is 28.3 Å². The number of carboxylic acid groups (broad SMARTS) is 1. The lowest BCUT2D eigenvalue weighted by atomic mass is 10.2. The highest BCUT2D eigenvalue weighted by Crippen LogP contribution is 2.29. The first-order valence-corrected chi connectivity index (χ1v) is 13.1. The number of thiazole rings is 1. The summed E-state index contributed by atoms with van der Waals surface area (Å²) in [6, 6.07) is 15.8. The van der Waals surface area contributed by atoms with Gasteiger partial charge in [-0.3, -0.25) is 14.9 Å². The number of nitriles is 1. The largest absolute Gasteiger partial charge is 0.490 e. The van der Waals surface area contributed by atoms with Crippen LogP contribution in [0.5, 0.6) is 5.75 Å². The van der Waals surface area contributed by atoms with E-state index in [1.807, 2.05) is 0 Å². The summed E-state index contributed by atoms with van der Waals surface area (Å²) in [5.74, 6) is -2.69. The van der Waals surface area contributed by atoms with E-state index in [1.165, 1.54) is 16.2 Å². The van der Waals surface area contributed by atoms with Crippen molar-refractivity contribution >= 4 is 39.9 Å². The Hall–Kier alpha value is -4.48. The summed E-state index contributed by atoms with van der Waals surface area (Å²) in [6.07, 6.45) is -4.29. The maximum Gasteiger partial charge on any atom is 0.490 e. The first kappa shape index (κ1) is 29.5. The van der Waals surface area contributed by atoms with Crippen LogP contribution >= 0.6 is 11.3 Å². The highest BCUT2D eigenvalue weighted by atomic mass is 32.1. The van der Waals surface area contributed by atoms with E-state index >= 15 is 0 Å². The Morgan fingerprint density at radius 2 is 1.90 bits per heavy atom. The monoisotopic (exact) mass is 587 g/mol. The van der Waals surface area contributed by atoms with Gasteiger partial charge in [-0.05, 0) is 49.5 Å². The minimum Gasteiger partial charge on any atom is -0.480 e. The number of ether oxygens (including phenoxy) is 1. The number of likely N-dealkylation sites (N-methyl/N-ethyl adjacent to an activating group) is 1. The van der Waals surface area contributed by atoms with Gasteiger partial charge in [0.25, 0.3) is 11.8 Å². The fourth-order valence-electron chi connectivity index (χ4n) is 4.16. The Balaban J connectivity index is 0.000000493. The fourth-order valence-corrected chi connectivity index (χ4v) is 5.24. The summed E-state index contributed by atoms with van der Waals surface area (Å²) in [7, 11) is 2.07. The number of alkyl halides is 3. The van der Waals surface area contributed by atoms with Crippen LogP contribution in [0.3, 0.4) is 0 Å². The zero-order valence-electron chi connectivity index (χ0n) is 21.6.